The van der Waals surface area contributed by atoms with Crippen molar-refractivity contribution < 1.29 is 0 Å². The summed E-state index contributed by atoms with van der Waals surface area (Å²) in [6.07, 6.45) is 13.8. The molecule has 9 rings (SSSR count). The van der Waals surface area contributed by atoms with E-state index in [4.69, 9.17) is 15.0 Å². The summed E-state index contributed by atoms with van der Waals surface area (Å²) in [5.41, 5.74) is 7.69. The minimum absolute atomic E-state index is 0.334. The third-order valence-electron chi connectivity index (χ3n) is 11.4. The molecule has 0 aliphatic heterocycles. The van der Waals surface area contributed by atoms with Crippen molar-refractivity contribution in [3.8, 4) is 51.4 Å². The summed E-state index contributed by atoms with van der Waals surface area (Å²) < 4.78 is 0. The number of nitrogens with zero attached hydrogens (tertiary/aromatic N) is 6. The first-order valence-electron chi connectivity index (χ1n) is 16.2. The van der Waals surface area contributed by atoms with Crippen LogP contribution in [0.3, 0.4) is 0 Å². The predicted octanol–water partition coefficient (Wildman–Crippen LogP) is 8.82. The molecule has 3 aliphatic carbocycles. The van der Waals surface area contributed by atoms with E-state index < -0.39 is 0 Å². The van der Waals surface area contributed by atoms with E-state index in [-0.39, 0.29) is 0 Å². The Bertz CT molecular complexity index is 2100. The summed E-state index contributed by atoms with van der Waals surface area (Å²) in [5.74, 6) is 3.44. The molecular formula is C40H32N6. The fourth-order valence-corrected chi connectivity index (χ4v) is 9.24. The predicted molar refractivity (Wildman–Crippen MR) is 179 cm³/mol. The van der Waals surface area contributed by atoms with Gasteiger partial charge in [0, 0.05) is 41.5 Å². The second kappa shape index (κ2) is 10.1. The van der Waals surface area contributed by atoms with E-state index in [9.17, 15) is 5.26 Å². The van der Waals surface area contributed by atoms with Crippen LogP contribution in [0.2, 0.25) is 0 Å². The van der Waals surface area contributed by atoms with E-state index in [1.54, 1.807) is 24.8 Å². The number of hydrogen-bond acceptors (Lipinski definition) is 6. The van der Waals surface area contributed by atoms with Crippen molar-refractivity contribution >= 4 is 10.8 Å². The van der Waals surface area contributed by atoms with Crippen LogP contribution >= 0.6 is 0 Å². The van der Waals surface area contributed by atoms with Gasteiger partial charge < -0.3 is 0 Å². The van der Waals surface area contributed by atoms with Crippen LogP contribution in [0.15, 0.2) is 104 Å². The number of hydrogen-bond donors (Lipinski definition) is 0. The highest BCUT2D eigenvalue weighted by atomic mass is 15.0. The van der Waals surface area contributed by atoms with Crippen LogP contribution in [-0.4, -0.2) is 24.9 Å². The molecule has 0 spiro atoms. The first kappa shape index (κ1) is 27.1. The molecule has 6 nitrogen and oxygen atoms in total. The van der Waals surface area contributed by atoms with E-state index in [2.05, 4.69) is 59.4 Å². The molecule has 0 amide bonds. The van der Waals surface area contributed by atoms with E-state index in [1.165, 1.54) is 37.7 Å². The van der Waals surface area contributed by atoms with Crippen molar-refractivity contribution in [1.29, 1.82) is 5.26 Å². The van der Waals surface area contributed by atoms with Gasteiger partial charge in [0.05, 0.1) is 11.6 Å². The number of pyridine rings is 2. The van der Waals surface area contributed by atoms with Crippen molar-refractivity contribution in [2.75, 3.05) is 0 Å². The van der Waals surface area contributed by atoms with E-state index >= 15 is 0 Å². The minimum Gasteiger partial charge on any atom is -0.265 e. The number of fused-ring (bicyclic) bond motifs is 2. The van der Waals surface area contributed by atoms with Gasteiger partial charge in [0.1, 0.15) is 0 Å². The van der Waals surface area contributed by atoms with Gasteiger partial charge in [-0.15, -0.1) is 0 Å². The second-order valence-electron chi connectivity index (χ2n) is 13.7. The smallest absolute Gasteiger partial charge is 0.164 e. The Kier molecular flexibility index (Phi) is 5.95. The normalized spacial score (nSPS) is 24.3. The molecule has 3 saturated carbocycles. The Morgan fingerprint density at radius 3 is 1.85 bits per heavy atom. The lowest BCUT2D eigenvalue weighted by molar-refractivity contribution is 0.195. The van der Waals surface area contributed by atoms with Crippen LogP contribution in [0, 0.1) is 28.6 Å². The van der Waals surface area contributed by atoms with Gasteiger partial charge in [-0.3, -0.25) is 9.97 Å². The highest BCUT2D eigenvalue weighted by Crippen LogP contribution is 2.72. The zero-order chi connectivity index (χ0) is 30.9. The van der Waals surface area contributed by atoms with Crippen LogP contribution in [-0.2, 0) is 5.41 Å². The summed E-state index contributed by atoms with van der Waals surface area (Å²) >= 11 is 0. The summed E-state index contributed by atoms with van der Waals surface area (Å²) in [6, 6.07) is 29.5. The summed E-state index contributed by atoms with van der Waals surface area (Å²) in [6.45, 7) is 2.56. The number of rotatable bonds is 5. The van der Waals surface area contributed by atoms with Crippen molar-refractivity contribution in [2.24, 2.45) is 17.3 Å². The molecule has 0 saturated heterocycles. The molecule has 3 fully saturated rings. The monoisotopic (exact) mass is 596 g/mol. The van der Waals surface area contributed by atoms with Crippen molar-refractivity contribution in [3.63, 3.8) is 0 Å². The minimum atomic E-state index is 0.334. The molecule has 6 heteroatoms. The van der Waals surface area contributed by atoms with Gasteiger partial charge in [-0.1, -0.05) is 49.4 Å². The summed E-state index contributed by atoms with van der Waals surface area (Å²) in [4.78, 5) is 23.1. The first-order chi connectivity index (χ1) is 22.5. The lowest BCUT2D eigenvalue weighted by Crippen LogP contribution is -2.26. The Hall–Kier alpha value is -5.28. The maximum atomic E-state index is 10.2. The Morgan fingerprint density at radius 2 is 1.26 bits per heavy atom. The molecule has 3 aromatic carbocycles. The van der Waals surface area contributed by atoms with Gasteiger partial charge in [0.25, 0.3) is 0 Å². The van der Waals surface area contributed by atoms with E-state index in [0.29, 0.717) is 33.9 Å². The maximum absolute atomic E-state index is 10.2. The van der Waals surface area contributed by atoms with Gasteiger partial charge in [-0.25, -0.2) is 15.0 Å². The molecule has 222 valence electrons. The molecule has 0 N–H and O–H groups in total. The molecule has 1 unspecified atom stereocenters. The third-order valence-corrected chi connectivity index (χ3v) is 11.4. The highest BCUT2D eigenvalue weighted by Gasteiger charge is 2.65. The van der Waals surface area contributed by atoms with Crippen LogP contribution in [0.25, 0.3) is 56.1 Å². The summed E-state index contributed by atoms with van der Waals surface area (Å²) in [7, 11) is 0. The van der Waals surface area contributed by atoms with Crippen molar-refractivity contribution in [3.05, 3.63) is 115 Å². The number of aromatic nitrogens is 5. The standard InChI is InChI=1S/C40H32N6/c1-39-24-40(21-30(39)9-10-31(39)22-40)29-7-5-26(6-8-29)34-19-25(23-41)20-35-32(34)3-2-4-33(35)38-45-36(27-11-15-42-16-12-27)44-37(46-38)28-13-17-43-18-14-28/h2-8,11-20,30-31H,9-10,21-22,24H2,1H3/t30-,31+,39-,40?. The Labute approximate surface area is 268 Å². The Balaban J connectivity index is 1.17. The van der Waals surface area contributed by atoms with E-state index in [1.807, 2.05) is 42.5 Å². The average molecular weight is 597 g/mol. The molecule has 3 heterocycles. The van der Waals surface area contributed by atoms with Gasteiger partial charge in [-0.2, -0.15) is 5.26 Å². The van der Waals surface area contributed by atoms with Crippen LogP contribution in [0.4, 0.5) is 0 Å². The molecular weight excluding hydrogens is 564 g/mol. The van der Waals surface area contributed by atoms with Crippen LogP contribution in [0.1, 0.15) is 50.2 Å². The summed E-state index contributed by atoms with van der Waals surface area (Å²) in [5, 5.41) is 12.1. The topological polar surface area (TPSA) is 88.2 Å². The maximum Gasteiger partial charge on any atom is 0.164 e. The van der Waals surface area contributed by atoms with E-state index in [0.717, 1.165) is 50.4 Å². The zero-order valence-electron chi connectivity index (χ0n) is 25.7. The molecule has 0 radical (unpaired) electrons. The zero-order valence-corrected chi connectivity index (χ0v) is 25.7. The molecule has 3 aromatic heterocycles. The van der Waals surface area contributed by atoms with Gasteiger partial charge >= 0.3 is 0 Å². The fourth-order valence-electron chi connectivity index (χ4n) is 9.24. The molecule has 46 heavy (non-hydrogen) atoms. The van der Waals surface area contributed by atoms with Gasteiger partial charge in [-0.05, 0) is 119 Å². The molecule has 6 aromatic rings. The largest absolute Gasteiger partial charge is 0.265 e. The molecule has 3 aliphatic rings. The first-order valence-corrected chi connectivity index (χ1v) is 16.2. The molecule has 2 bridgehead atoms. The number of benzene rings is 3. The SMILES string of the molecule is C[C@@]12CC3(c4ccc(-c5cc(C#N)cc6c(-c7nc(-c8ccncc8)nc(-c8ccncc8)n7)cccc56)cc4)C[C@H]1CC[C@H]2C3. The third kappa shape index (κ3) is 4.11. The average Bonchev–Trinajstić information content (AvgIpc) is 3.62. The van der Waals surface area contributed by atoms with Crippen LogP contribution in [0.5, 0.6) is 0 Å². The quantitative estimate of drug-likeness (QED) is 0.198. The molecule has 4 atom stereocenters. The van der Waals surface area contributed by atoms with Crippen LogP contribution < -0.4 is 0 Å². The van der Waals surface area contributed by atoms with Gasteiger partial charge in [0.2, 0.25) is 0 Å². The number of nitriles is 1. The highest BCUT2D eigenvalue weighted by molar-refractivity contribution is 6.04. The van der Waals surface area contributed by atoms with Crippen molar-refractivity contribution in [1.82, 2.24) is 24.9 Å². The second-order valence-corrected chi connectivity index (χ2v) is 13.7. The lowest BCUT2D eigenvalue weighted by Gasteiger charge is -2.33. The van der Waals surface area contributed by atoms with Crippen molar-refractivity contribution in [2.45, 2.75) is 44.4 Å². The Morgan fingerprint density at radius 1 is 0.652 bits per heavy atom. The fraction of sp³-hybridized carbons (Fsp3) is 0.250. The lowest BCUT2D eigenvalue weighted by atomic mass is 9.72. The van der Waals surface area contributed by atoms with Gasteiger partial charge in [0.15, 0.2) is 17.5 Å².